The van der Waals surface area contributed by atoms with Crippen LogP contribution in [-0.2, 0) is 11.2 Å². The number of aromatic nitrogens is 1. The molecule has 0 bridgehead atoms. The summed E-state index contributed by atoms with van der Waals surface area (Å²) in [6.45, 7) is 0. The minimum Gasteiger partial charge on any atom is -0.354 e. The number of carbonyl (C=O) groups is 1. The van der Waals surface area contributed by atoms with Gasteiger partial charge in [-0.15, -0.1) is 0 Å². The molecule has 1 amide bonds. The van der Waals surface area contributed by atoms with Crippen LogP contribution in [0.2, 0.25) is 0 Å². The Kier molecular flexibility index (Phi) is 4.75. The number of fused-ring (bicyclic) bond motifs is 1. The minimum absolute atomic E-state index is 0.0143. The van der Waals surface area contributed by atoms with Crippen LogP contribution in [0.5, 0.6) is 0 Å². The number of H-pyrrole nitrogens is 1. The van der Waals surface area contributed by atoms with E-state index < -0.39 is 0 Å². The average molecular weight is 366 g/mol. The number of aromatic amines is 1. The largest absolute Gasteiger partial charge is 0.354 e. The first-order valence-corrected chi connectivity index (χ1v) is 9.10. The second-order valence-electron chi connectivity index (χ2n) is 6.88. The summed E-state index contributed by atoms with van der Waals surface area (Å²) in [4.78, 5) is 15.6. The van der Waals surface area contributed by atoms with Gasteiger partial charge in [-0.25, -0.2) is 8.78 Å². The second kappa shape index (κ2) is 7.35. The molecule has 0 atom stereocenters. The van der Waals surface area contributed by atoms with Gasteiger partial charge in [0.15, 0.2) is 0 Å². The highest BCUT2D eigenvalue weighted by Crippen LogP contribution is 2.32. The highest BCUT2D eigenvalue weighted by molar-refractivity contribution is 5.91. The van der Waals surface area contributed by atoms with Crippen molar-refractivity contribution in [3.8, 4) is 11.3 Å². The van der Waals surface area contributed by atoms with Gasteiger partial charge >= 0.3 is 0 Å². The molecular formula is C22H20F2N2O. The van der Waals surface area contributed by atoms with Crippen LogP contribution in [0.3, 0.4) is 0 Å². The molecule has 0 unspecified atom stereocenters. The average Bonchev–Trinajstić information content (AvgIpc) is 3.28. The van der Waals surface area contributed by atoms with Gasteiger partial charge < -0.3 is 10.3 Å². The van der Waals surface area contributed by atoms with Gasteiger partial charge in [0.1, 0.15) is 11.6 Å². The Bertz CT molecular complexity index is 997. The predicted octanol–water partition coefficient (Wildman–Crippen LogP) is 4.88. The molecule has 1 aromatic heterocycles. The molecule has 2 N–H and O–H groups in total. The zero-order valence-corrected chi connectivity index (χ0v) is 14.8. The van der Waals surface area contributed by atoms with Crippen LogP contribution in [-0.4, -0.2) is 16.9 Å². The van der Waals surface area contributed by atoms with Crippen LogP contribution in [0.25, 0.3) is 22.2 Å². The molecule has 0 aliphatic heterocycles. The third-order valence-electron chi connectivity index (χ3n) is 4.98. The lowest BCUT2D eigenvalue weighted by Crippen LogP contribution is -2.32. The molecule has 3 aromatic rings. The summed E-state index contributed by atoms with van der Waals surface area (Å²) in [5, 5.41) is 3.79. The number of aryl methyl sites for hydroxylation is 1. The normalized spacial score (nSPS) is 14.1. The van der Waals surface area contributed by atoms with Gasteiger partial charge in [0.2, 0.25) is 5.91 Å². The Labute approximate surface area is 156 Å². The molecule has 0 saturated heterocycles. The summed E-state index contributed by atoms with van der Waals surface area (Å²) >= 11 is 0. The molecule has 0 saturated carbocycles. The van der Waals surface area contributed by atoms with E-state index in [1.807, 2.05) is 0 Å². The number of halogens is 2. The van der Waals surface area contributed by atoms with E-state index in [2.05, 4.69) is 22.5 Å². The van der Waals surface area contributed by atoms with Crippen LogP contribution < -0.4 is 5.32 Å². The molecule has 0 radical (unpaired) electrons. The second-order valence-corrected chi connectivity index (χ2v) is 6.88. The Hall–Kier alpha value is -2.95. The fourth-order valence-corrected chi connectivity index (χ4v) is 3.62. The molecule has 5 heteroatoms. The summed E-state index contributed by atoms with van der Waals surface area (Å²) in [7, 11) is 0. The van der Waals surface area contributed by atoms with Crippen molar-refractivity contribution >= 4 is 16.8 Å². The van der Waals surface area contributed by atoms with Crippen molar-refractivity contribution in [3.63, 3.8) is 0 Å². The smallest absolute Gasteiger partial charge is 0.220 e. The Morgan fingerprint density at radius 1 is 1.04 bits per heavy atom. The van der Waals surface area contributed by atoms with E-state index in [0.29, 0.717) is 12.8 Å². The molecule has 2 aromatic carbocycles. The maximum atomic E-state index is 13.8. The van der Waals surface area contributed by atoms with E-state index >= 15 is 0 Å². The van der Waals surface area contributed by atoms with Gasteiger partial charge in [0.25, 0.3) is 0 Å². The molecule has 1 aliphatic rings. The number of benzene rings is 2. The van der Waals surface area contributed by atoms with Gasteiger partial charge in [0, 0.05) is 29.1 Å². The topological polar surface area (TPSA) is 44.9 Å². The van der Waals surface area contributed by atoms with Gasteiger partial charge in [-0.3, -0.25) is 4.79 Å². The van der Waals surface area contributed by atoms with Crippen molar-refractivity contribution in [1.29, 1.82) is 0 Å². The molecule has 0 fully saturated rings. The molecule has 27 heavy (non-hydrogen) atoms. The van der Waals surface area contributed by atoms with Crippen molar-refractivity contribution in [3.05, 3.63) is 71.8 Å². The highest BCUT2D eigenvalue weighted by Gasteiger charge is 2.17. The van der Waals surface area contributed by atoms with Crippen LogP contribution >= 0.6 is 0 Å². The molecule has 1 heterocycles. The molecule has 4 rings (SSSR count). The Balaban J connectivity index is 1.62. The summed E-state index contributed by atoms with van der Waals surface area (Å²) < 4.78 is 27.1. The fourth-order valence-electron chi connectivity index (χ4n) is 3.62. The first-order valence-electron chi connectivity index (χ1n) is 9.10. The van der Waals surface area contributed by atoms with Gasteiger partial charge in [-0.1, -0.05) is 12.2 Å². The van der Waals surface area contributed by atoms with Crippen LogP contribution in [0.4, 0.5) is 8.78 Å². The Morgan fingerprint density at radius 3 is 2.48 bits per heavy atom. The van der Waals surface area contributed by atoms with Crippen molar-refractivity contribution in [1.82, 2.24) is 10.3 Å². The molecule has 138 valence electrons. The van der Waals surface area contributed by atoms with E-state index in [-0.39, 0.29) is 23.6 Å². The summed E-state index contributed by atoms with van der Waals surface area (Å²) in [5.41, 5.74) is 3.27. The van der Waals surface area contributed by atoms with Gasteiger partial charge in [-0.05, 0) is 72.9 Å². The van der Waals surface area contributed by atoms with E-state index in [1.165, 1.54) is 24.3 Å². The molecule has 1 aliphatic carbocycles. The number of carbonyl (C=O) groups excluding carboxylic acids is 1. The third-order valence-corrected chi connectivity index (χ3v) is 4.98. The first-order chi connectivity index (χ1) is 13.1. The predicted molar refractivity (Wildman–Crippen MR) is 102 cm³/mol. The maximum Gasteiger partial charge on any atom is 0.220 e. The number of rotatable bonds is 5. The fraction of sp³-hybridized carbons (Fsp3) is 0.227. The van der Waals surface area contributed by atoms with Crippen LogP contribution in [0.15, 0.2) is 54.6 Å². The number of amides is 1. The van der Waals surface area contributed by atoms with E-state index in [0.717, 1.165) is 40.6 Å². The SMILES string of the molecule is O=C(CCc1c(-c2ccc(F)cc2)[nH]c2ccc(F)cc12)NC1CC=CC1. The van der Waals surface area contributed by atoms with Gasteiger partial charge in [0.05, 0.1) is 0 Å². The molecular weight excluding hydrogens is 346 g/mol. The molecule has 0 spiro atoms. The first kappa shape index (κ1) is 17.5. The highest BCUT2D eigenvalue weighted by atomic mass is 19.1. The number of hydrogen-bond acceptors (Lipinski definition) is 1. The number of hydrogen-bond donors (Lipinski definition) is 2. The van der Waals surface area contributed by atoms with Crippen LogP contribution in [0, 0.1) is 11.6 Å². The van der Waals surface area contributed by atoms with Crippen LogP contribution in [0.1, 0.15) is 24.8 Å². The van der Waals surface area contributed by atoms with Crippen molar-refractivity contribution in [2.45, 2.75) is 31.7 Å². The maximum absolute atomic E-state index is 13.8. The van der Waals surface area contributed by atoms with Crippen molar-refractivity contribution < 1.29 is 13.6 Å². The summed E-state index contributed by atoms with van der Waals surface area (Å²) in [6.07, 6.45) is 6.66. The summed E-state index contributed by atoms with van der Waals surface area (Å²) in [5.74, 6) is -0.651. The zero-order valence-electron chi connectivity index (χ0n) is 14.8. The zero-order chi connectivity index (χ0) is 18.8. The lowest BCUT2D eigenvalue weighted by atomic mass is 10.0. The number of nitrogens with one attached hydrogen (secondary N) is 2. The monoisotopic (exact) mass is 366 g/mol. The van der Waals surface area contributed by atoms with E-state index in [9.17, 15) is 13.6 Å². The van der Waals surface area contributed by atoms with E-state index in [1.54, 1.807) is 18.2 Å². The third kappa shape index (κ3) is 3.77. The minimum atomic E-state index is -0.324. The lowest BCUT2D eigenvalue weighted by molar-refractivity contribution is -0.121. The molecule has 3 nitrogen and oxygen atoms in total. The van der Waals surface area contributed by atoms with E-state index in [4.69, 9.17) is 0 Å². The Morgan fingerprint density at radius 2 is 1.74 bits per heavy atom. The van der Waals surface area contributed by atoms with Crippen molar-refractivity contribution in [2.75, 3.05) is 0 Å². The van der Waals surface area contributed by atoms with Crippen molar-refractivity contribution in [2.24, 2.45) is 0 Å². The lowest BCUT2D eigenvalue weighted by Gasteiger charge is -2.12. The standard InChI is InChI=1S/C22H20F2N2O/c23-15-7-5-14(6-8-15)22-18(19-13-16(24)9-11-20(19)26-22)10-12-21(27)25-17-3-1-2-4-17/h1-2,5-9,11,13,17,26H,3-4,10,12H2,(H,25,27). The summed E-state index contributed by atoms with van der Waals surface area (Å²) in [6, 6.07) is 10.9. The van der Waals surface area contributed by atoms with Gasteiger partial charge in [-0.2, -0.15) is 0 Å². The quantitative estimate of drug-likeness (QED) is 0.621.